The molecule has 0 heterocycles. The lowest BCUT2D eigenvalue weighted by atomic mass is 10.1. The number of rotatable bonds is 3. The maximum Gasteiger partial charge on any atom is 0.147 e. The molecule has 0 amide bonds. The van der Waals surface area contributed by atoms with E-state index in [-0.39, 0.29) is 6.04 Å². The van der Waals surface area contributed by atoms with Gasteiger partial charge >= 0.3 is 0 Å². The summed E-state index contributed by atoms with van der Waals surface area (Å²) in [4.78, 5) is 0. The van der Waals surface area contributed by atoms with Crippen LogP contribution in [-0.4, -0.2) is 0 Å². The number of nitrogens with two attached hydrogens (primary N) is 1. The Hall–Kier alpha value is -0.260. The number of benzene rings is 2. The van der Waals surface area contributed by atoms with Gasteiger partial charge in [-0.1, -0.05) is 29.3 Å². The second kappa shape index (κ2) is 6.67. The number of hydrogen-bond donors (Lipinski definition) is 1. The first-order chi connectivity index (χ1) is 9.38. The van der Waals surface area contributed by atoms with Gasteiger partial charge in [0.05, 0.1) is 14.5 Å². The molecule has 0 aliphatic rings. The summed E-state index contributed by atoms with van der Waals surface area (Å²) in [5.41, 5.74) is 6.86. The van der Waals surface area contributed by atoms with Crippen LogP contribution in [0.25, 0.3) is 0 Å². The van der Waals surface area contributed by atoms with E-state index in [1.807, 2.05) is 25.1 Å². The number of halogens is 4. The van der Waals surface area contributed by atoms with Crippen LogP contribution in [-0.2, 0) is 0 Å². The molecular weight excluding hydrogens is 429 g/mol. The van der Waals surface area contributed by atoms with E-state index < -0.39 is 0 Å². The van der Waals surface area contributed by atoms with Gasteiger partial charge in [0, 0.05) is 16.6 Å². The molecule has 2 aromatic rings. The fraction of sp³-hybridized carbons (Fsp3) is 0.143. The molecular formula is C14H11Br2Cl2NO. The summed E-state index contributed by atoms with van der Waals surface area (Å²) in [6.07, 6.45) is 0. The molecule has 2 aromatic carbocycles. The highest BCUT2D eigenvalue weighted by Gasteiger charge is 2.11. The Balaban J connectivity index is 2.33. The molecule has 0 spiro atoms. The largest absolute Gasteiger partial charge is 0.455 e. The Morgan fingerprint density at radius 3 is 2.30 bits per heavy atom. The minimum Gasteiger partial charge on any atom is -0.455 e. The van der Waals surface area contributed by atoms with Crippen molar-refractivity contribution in [2.24, 2.45) is 5.73 Å². The van der Waals surface area contributed by atoms with Gasteiger partial charge in [-0.3, -0.25) is 0 Å². The quantitative estimate of drug-likeness (QED) is 0.567. The van der Waals surface area contributed by atoms with Crippen LogP contribution in [0.3, 0.4) is 0 Å². The molecule has 0 radical (unpaired) electrons. The molecule has 2 rings (SSSR count). The van der Waals surface area contributed by atoms with Crippen molar-refractivity contribution in [3.63, 3.8) is 0 Å². The zero-order valence-electron chi connectivity index (χ0n) is 10.5. The van der Waals surface area contributed by atoms with E-state index in [4.69, 9.17) is 33.7 Å². The zero-order chi connectivity index (χ0) is 14.9. The van der Waals surface area contributed by atoms with E-state index >= 15 is 0 Å². The van der Waals surface area contributed by atoms with Gasteiger partial charge in [-0.25, -0.2) is 0 Å². The smallest absolute Gasteiger partial charge is 0.147 e. The highest BCUT2D eigenvalue weighted by molar-refractivity contribution is 9.10. The summed E-state index contributed by atoms with van der Waals surface area (Å²) >= 11 is 19.0. The third-order valence-corrected chi connectivity index (χ3v) is 4.79. The van der Waals surface area contributed by atoms with E-state index in [9.17, 15) is 0 Å². The summed E-state index contributed by atoms with van der Waals surface area (Å²) in [6, 6.07) is 9.01. The standard InChI is InChI=1S/C14H11Br2Cl2NO/c1-7(19)8-2-3-13(10(16)4-8)20-14-6-11(17)9(15)5-12(14)18/h2-7H,19H2,1H3/t7-/m1/s1. The van der Waals surface area contributed by atoms with Gasteiger partial charge in [0.15, 0.2) is 0 Å². The number of hydrogen-bond acceptors (Lipinski definition) is 2. The molecule has 0 saturated heterocycles. The first kappa shape index (κ1) is 16.1. The van der Waals surface area contributed by atoms with Crippen molar-refractivity contribution in [3.8, 4) is 11.5 Å². The molecule has 0 aliphatic heterocycles. The fourth-order valence-corrected chi connectivity index (χ4v) is 2.89. The molecule has 0 fully saturated rings. The molecule has 0 unspecified atom stereocenters. The predicted molar refractivity (Wildman–Crippen MR) is 91.0 cm³/mol. The van der Waals surface area contributed by atoms with Crippen LogP contribution in [0.15, 0.2) is 39.3 Å². The van der Waals surface area contributed by atoms with Crippen molar-refractivity contribution in [2.45, 2.75) is 13.0 Å². The molecule has 20 heavy (non-hydrogen) atoms. The lowest BCUT2D eigenvalue weighted by Crippen LogP contribution is -2.04. The first-order valence-electron chi connectivity index (χ1n) is 5.76. The van der Waals surface area contributed by atoms with Crippen molar-refractivity contribution in [1.82, 2.24) is 0 Å². The molecule has 0 bridgehead atoms. The Bertz CT molecular complexity index is 647. The molecule has 6 heteroatoms. The lowest BCUT2D eigenvalue weighted by molar-refractivity contribution is 0.479. The van der Waals surface area contributed by atoms with Gasteiger partial charge in [0.25, 0.3) is 0 Å². The van der Waals surface area contributed by atoms with Crippen LogP contribution >= 0.6 is 55.1 Å². The third kappa shape index (κ3) is 3.68. The second-order valence-electron chi connectivity index (χ2n) is 4.28. The van der Waals surface area contributed by atoms with Gasteiger partial charge in [0.1, 0.15) is 11.5 Å². The molecule has 0 aromatic heterocycles. The summed E-state index contributed by atoms with van der Waals surface area (Å²) in [7, 11) is 0. The number of ether oxygens (including phenoxy) is 1. The monoisotopic (exact) mass is 437 g/mol. The summed E-state index contributed by atoms with van der Waals surface area (Å²) in [5.74, 6) is 1.14. The van der Waals surface area contributed by atoms with Crippen LogP contribution in [0.5, 0.6) is 11.5 Å². The van der Waals surface area contributed by atoms with E-state index in [1.54, 1.807) is 12.1 Å². The molecule has 106 valence electrons. The summed E-state index contributed by atoms with van der Waals surface area (Å²) < 4.78 is 7.32. The van der Waals surface area contributed by atoms with Gasteiger partial charge < -0.3 is 10.5 Å². The maximum absolute atomic E-state index is 6.14. The Kier molecular flexibility index (Phi) is 5.37. The Morgan fingerprint density at radius 2 is 1.70 bits per heavy atom. The molecule has 1 atom stereocenters. The first-order valence-corrected chi connectivity index (χ1v) is 8.10. The van der Waals surface area contributed by atoms with Crippen molar-refractivity contribution in [3.05, 3.63) is 54.9 Å². The van der Waals surface area contributed by atoms with Gasteiger partial charge in [-0.15, -0.1) is 0 Å². The summed E-state index contributed by atoms with van der Waals surface area (Å²) in [5, 5.41) is 1.01. The van der Waals surface area contributed by atoms with Crippen molar-refractivity contribution in [2.75, 3.05) is 0 Å². The highest BCUT2D eigenvalue weighted by Crippen LogP contribution is 2.38. The lowest BCUT2D eigenvalue weighted by Gasteiger charge is -2.12. The fourth-order valence-electron chi connectivity index (χ4n) is 1.58. The van der Waals surface area contributed by atoms with E-state index in [1.165, 1.54) is 0 Å². The average Bonchev–Trinajstić information content (AvgIpc) is 2.37. The van der Waals surface area contributed by atoms with Crippen molar-refractivity contribution < 1.29 is 4.74 Å². The SMILES string of the molecule is C[C@@H](N)c1ccc(Oc2cc(Cl)c(Br)cc2Cl)c(Br)c1. The van der Waals surface area contributed by atoms with Crippen molar-refractivity contribution >= 4 is 55.1 Å². The highest BCUT2D eigenvalue weighted by atomic mass is 79.9. The normalized spacial score (nSPS) is 12.3. The third-order valence-electron chi connectivity index (χ3n) is 2.68. The van der Waals surface area contributed by atoms with Crippen LogP contribution in [0, 0.1) is 0 Å². The van der Waals surface area contributed by atoms with Crippen LogP contribution < -0.4 is 10.5 Å². The van der Waals surface area contributed by atoms with Gasteiger partial charge in [-0.2, -0.15) is 0 Å². The van der Waals surface area contributed by atoms with Crippen LogP contribution in [0.2, 0.25) is 10.0 Å². The zero-order valence-corrected chi connectivity index (χ0v) is 15.1. The Labute approximate surface area is 144 Å². The topological polar surface area (TPSA) is 35.2 Å². The molecule has 0 saturated carbocycles. The minimum atomic E-state index is -0.0361. The van der Waals surface area contributed by atoms with E-state index in [2.05, 4.69) is 31.9 Å². The van der Waals surface area contributed by atoms with Gasteiger partial charge in [0.2, 0.25) is 0 Å². The average molecular weight is 440 g/mol. The van der Waals surface area contributed by atoms with Crippen molar-refractivity contribution in [1.29, 1.82) is 0 Å². The maximum atomic E-state index is 6.14. The van der Waals surface area contributed by atoms with E-state index in [0.717, 1.165) is 14.5 Å². The molecule has 0 aliphatic carbocycles. The minimum absolute atomic E-state index is 0.0361. The second-order valence-corrected chi connectivity index (χ2v) is 6.80. The van der Waals surface area contributed by atoms with Crippen LogP contribution in [0.4, 0.5) is 0 Å². The Morgan fingerprint density at radius 1 is 1.00 bits per heavy atom. The van der Waals surface area contributed by atoms with Gasteiger partial charge in [-0.05, 0) is 62.5 Å². The van der Waals surface area contributed by atoms with Crippen LogP contribution in [0.1, 0.15) is 18.5 Å². The van der Waals surface area contributed by atoms with E-state index in [0.29, 0.717) is 21.5 Å². The molecule has 2 N–H and O–H groups in total. The molecule has 2 nitrogen and oxygen atoms in total. The predicted octanol–water partition coefficient (Wildman–Crippen LogP) is 6.33. The summed E-state index contributed by atoms with van der Waals surface area (Å²) in [6.45, 7) is 1.92.